The molecule has 0 bridgehead atoms. The van der Waals surface area contributed by atoms with Crippen molar-refractivity contribution in [1.29, 1.82) is 0 Å². The topological polar surface area (TPSA) is 44.8 Å². The van der Waals surface area contributed by atoms with Gasteiger partial charge in [-0.3, -0.25) is 14.6 Å². The maximum atomic E-state index is 11.8. The number of hydrogen-bond donors (Lipinski definition) is 1. The molecule has 6 heteroatoms. The molecule has 1 amide bonds. The summed E-state index contributed by atoms with van der Waals surface area (Å²) in [5, 5.41) is 3.77. The van der Waals surface area contributed by atoms with Crippen LogP contribution >= 0.6 is 11.6 Å². The third-order valence-electron chi connectivity index (χ3n) is 6.31. The smallest absolute Gasteiger partial charge is 0.246 e. The number of hydrogen-bond acceptors (Lipinski definition) is 4. The quantitative estimate of drug-likeness (QED) is 0.604. The highest BCUT2D eigenvalue weighted by molar-refractivity contribution is 6.30. The second-order valence-electron chi connectivity index (χ2n) is 8.68. The van der Waals surface area contributed by atoms with E-state index in [1.165, 1.54) is 11.1 Å². The molecule has 2 fully saturated rings. The fourth-order valence-corrected chi connectivity index (χ4v) is 4.40. The molecule has 2 aromatic carbocycles. The molecule has 1 heterocycles. The number of rotatable bonds is 9. The number of benzene rings is 2. The monoisotopic (exact) mass is 441 g/mol. The maximum absolute atomic E-state index is 11.8. The molecular formula is C25H32ClN3O2. The van der Waals surface area contributed by atoms with Gasteiger partial charge in [0.1, 0.15) is 6.61 Å². The van der Waals surface area contributed by atoms with Gasteiger partial charge in [-0.2, -0.15) is 0 Å². The molecule has 2 aliphatic rings. The van der Waals surface area contributed by atoms with E-state index >= 15 is 0 Å². The minimum atomic E-state index is 0.00726. The van der Waals surface area contributed by atoms with Crippen LogP contribution in [0.1, 0.15) is 30.5 Å². The average molecular weight is 442 g/mol. The van der Waals surface area contributed by atoms with Gasteiger partial charge in [-0.1, -0.05) is 61.0 Å². The number of carbonyl (C=O) groups excluding carboxylic acids is 1. The van der Waals surface area contributed by atoms with Gasteiger partial charge in [-0.05, 0) is 35.6 Å². The zero-order valence-electron chi connectivity index (χ0n) is 18.2. The predicted molar refractivity (Wildman–Crippen MR) is 124 cm³/mol. The van der Waals surface area contributed by atoms with Crippen LogP contribution < -0.4 is 5.32 Å². The number of piperazine rings is 1. The summed E-state index contributed by atoms with van der Waals surface area (Å²) in [7, 11) is 0. The van der Waals surface area contributed by atoms with E-state index in [0.717, 1.165) is 44.2 Å². The first kappa shape index (κ1) is 22.3. The standard InChI is InChI=1S/C25H32ClN3O2/c1-19-17-23(19)27-24(30)18-31-16-15-28-11-13-29(14-12-28)25(20-5-3-2-4-6-20)21-7-9-22(26)10-8-21/h2-10,19,23,25H,11-18H2,1H3,(H,27,30). The zero-order chi connectivity index (χ0) is 21.6. The molecule has 1 saturated heterocycles. The lowest BCUT2D eigenvalue weighted by molar-refractivity contribution is -0.126. The van der Waals surface area contributed by atoms with Crippen LogP contribution in [0.25, 0.3) is 0 Å². The third kappa shape index (κ3) is 6.30. The molecule has 3 atom stereocenters. The van der Waals surface area contributed by atoms with Crippen molar-refractivity contribution in [3.63, 3.8) is 0 Å². The SMILES string of the molecule is CC1CC1NC(=O)COCCN1CCN(C(c2ccccc2)c2ccc(Cl)cc2)CC1. The van der Waals surface area contributed by atoms with Crippen LogP contribution in [0.2, 0.25) is 5.02 Å². The fourth-order valence-electron chi connectivity index (χ4n) is 4.27. The normalized spacial score (nSPS) is 22.8. The molecule has 1 aliphatic carbocycles. The molecule has 3 unspecified atom stereocenters. The van der Waals surface area contributed by atoms with E-state index in [9.17, 15) is 4.79 Å². The van der Waals surface area contributed by atoms with Gasteiger partial charge >= 0.3 is 0 Å². The Bertz CT molecular complexity index is 838. The van der Waals surface area contributed by atoms with E-state index < -0.39 is 0 Å². The Balaban J connectivity index is 1.26. The van der Waals surface area contributed by atoms with Gasteiger partial charge in [0.15, 0.2) is 0 Å². The first-order valence-corrected chi connectivity index (χ1v) is 11.6. The van der Waals surface area contributed by atoms with Gasteiger partial charge in [-0.15, -0.1) is 0 Å². The Morgan fingerprint density at radius 3 is 2.35 bits per heavy atom. The lowest BCUT2D eigenvalue weighted by Gasteiger charge is -2.39. The van der Waals surface area contributed by atoms with Gasteiger partial charge < -0.3 is 10.1 Å². The van der Waals surface area contributed by atoms with Gasteiger partial charge in [0.05, 0.1) is 12.6 Å². The van der Waals surface area contributed by atoms with Crippen molar-refractivity contribution in [2.45, 2.75) is 25.4 Å². The van der Waals surface area contributed by atoms with Crippen LogP contribution in [-0.2, 0) is 9.53 Å². The van der Waals surface area contributed by atoms with E-state index in [4.69, 9.17) is 16.3 Å². The van der Waals surface area contributed by atoms with Crippen molar-refractivity contribution >= 4 is 17.5 Å². The largest absolute Gasteiger partial charge is 0.370 e. The third-order valence-corrected chi connectivity index (χ3v) is 6.57. The summed E-state index contributed by atoms with van der Waals surface area (Å²) in [5.74, 6) is 0.626. The van der Waals surface area contributed by atoms with Crippen molar-refractivity contribution < 1.29 is 9.53 Å². The summed E-state index contributed by atoms with van der Waals surface area (Å²) in [6.07, 6.45) is 1.09. The first-order valence-electron chi connectivity index (χ1n) is 11.2. The molecule has 1 aliphatic heterocycles. The van der Waals surface area contributed by atoms with Gasteiger partial charge in [-0.25, -0.2) is 0 Å². The lowest BCUT2D eigenvalue weighted by atomic mass is 9.96. The molecular weight excluding hydrogens is 410 g/mol. The zero-order valence-corrected chi connectivity index (χ0v) is 18.9. The van der Waals surface area contributed by atoms with E-state index in [1.54, 1.807) is 0 Å². The van der Waals surface area contributed by atoms with Crippen molar-refractivity contribution in [2.24, 2.45) is 5.92 Å². The molecule has 0 spiro atoms. The summed E-state index contributed by atoms with van der Waals surface area (Å²) in [4.78, 5) is 16.8. The van der Waals surface area contributed by atoms with Gasteiger partial charge in [0.2, 0.25) is 5.91 Å². The number of halogens is 1. The Labute approximate surface area is 190 Å². The molecule has 31 heavy (non-hydrogen) atoms. The Morgan fingerprint density at radius 1 is 1.06 bits per heavy atom. The Kier molecular flexibility index (Phi) is 7.62. The van der Waals surface area contributed by atoms with Gasteiger partial charge in [0.25, 0.3) is 0 Å². The molecule has 1 saturated carbocycles. The maximum Gasteiger partial charge on any atom is 0.246 e. The molecule has 5 nitrogen and oxygen atoms in total. The van der Waals surface area contributed by atoms with Crippen LogP contribution in [0.4, 0.5) is 0 Å². The number of nitrogens with one attached hydrogen (secondary N) is 1. The molecule has 0 radical (unpaired) electrons. The van der Waals surface area contributed by atoms with Crippen molar-refractivity contribution in [2.75, 3.05) is 45.9 Å². The van der Waals surface area contributed by atoms with E-state index in [1.807, 2.05) is 12.1 Å². The summed E-state index contributed by atoms with van der Waals surface area (Å²) < 4.78 is 5.61. The lowest BCUT2D eigenvalue weighted by Crippen LogP contribution is -2.48. The van der Waals surface area contributed by atoms with Crippen LogP contribution in [0.5, 0.6) is 0 Å². The first-order chi connectivity index (χ1) is 15.1. The molecule has 1 N–H and O–H groups in total. The second-order valence-corrected chi connectivity index (χ2v) is 9.12. The van der Waals surface area contributed by atoms with Crippen molar-refractivity contribution in [1.82, 2.24) is 15.1 Å². The minimum absolute atomic E-state index is 0.00726. The summed E-state index contributed by atoms with van der Waals surface area (Å²) in [6.45, 7) is 7.73. The summed E-state index contributed by atoms with van der Waals surface area (Å²) >= 11 is 6.12. The van der Waals surface area contributed by atoms with Crippen LogP contribution in [0.15, 0.2) is 54.6 Å². The molecule has 4 rings (SSSR count). The number of amides is 1. The van der Waals surface area contributed by atoms with Crippen molar-refractivity contribution in [3.8, 4) is 0 Å². The second kappa shape index (κ2) is 10.6. The Morgan fingerprint density at radius 2 is 1.71 bits per heavy atom. The Hall–Kier alpha value is -1.92. The highest BCUT2D eigenvalue weighted by Crippen LogP contribution is 2.30. The number of carbonyl (C=O) groups is 1. The van der Waals surface area contributed by atoms with Gasteiger partial charge in [0, 0.05) is 43.8 Å². The number of nitrogens with zero attached hydrogens (tertiary/aromatic N) is 2. The van der Waals surface area contributed by atoms with E-state index in [-0.39, 0.29) is 18.6 Å². The molecule has 0 aromatic heterocycles. The summed E-state index contributed by atoms with van der Waals surface area (Å²) in [5.41, 5.74) is 2.57. The average Bonchev–Trinajstić information content (AvgIpc) is 3.48. The van der Waals surface area contributed by atoms with E-state index in [2.05, 4.69) is 64.5 Å². The van der Waals surface area contributed by atoms with Crippen LogP contribution in [0, 0.1) is 5.92 Å². The van der Waals surface area contributed by atoms with E-state index in [0.29, 0.717) is 18.6 Å². The van der Waals surface area contributed by atoms with Crippen LogP contribution in [0.3, 0.4) is 0 Å². The van der Waals surface area contributed by atoms with Crippen LogP contribution in [-0.4, -0.2) is 67.7 Å². The fraction of sp³-hybridized carbons (Fsp3) is 0.480. The minimum Gasteiger partial charge on any atom is -0.370 e. The summed E-state index contributed by atoms with van der Waals surface area (Å²) in [6, 6.07) is 19.5. The van der Waals surface area contributed by atoms with Crippen molar-refractivity contribution in [3.05, 3.63) is 70.7 Å². The highest BCUT2D eigenvalue weighted by Gasteiger charge is 2.33. The predicted octanol–water partition coefficient (Wildman–Crippen LogP) is 3.59. The molecule has 2 aromatic rings. The highest BCUT2D eigenvalue weighted by atomic mass is 35.5. The molecule has 166 valence electrons. The number of ether oxygens (including phenoxy) is 1.